The third-order valence-electron chi connectivity index (χ3n) is 3.48. The van der Waals surface area contributed by atoms with Crippen LogP contribution >= 0.6 is 0 Å². The van der Waals surface area contributed by atoms with Gasteiger partial charge in [0.25, 0.3) is 0 Å². The number of nitriles is 1. The SMILES string of the molecule is CN(C)CCCNC(=O)C(C)(C)C(C)(C)C#N. The second-order valence-electron chi connectivity index (χ2n) is 5.77. The topological polar surface area (TPSA) is 56.1 Å². The van der Waals surface area contributed by atoms with Crippen LogP contribution in [0.5, 0.6) is 0 Å². The second kappa shape index (κ2) is 6.02. The van der Waals surface area contributed by atoms with Gasteiger partial charge in [0.2, 0.25) is 5.91 Å². The van der Waals surface area contributed by atoms with Gasteiger partial charge in [0, 0.05) is 6.54 Å². The summed E-state index contributed by atoms with van der Waals surface area (Å²) in [7, 11) is 4.01. The van der Waals surface area contributed by atoms with Crippen molar-refractivity contribution in [3.8, 4) is 6.07 Å². The van der Waals surface area contributed by atoms with Gasteiger partial charge in [-0.25, -0.2) is 0 Å². The second-order valence-corrected chi connectivity index (χ2v) is 5.77. The van der Waals surface area contributed by atoms with Gasteiger partial charge in [-0.15, -0.1) is 0 Å². The van der Waals surface area contributed by atoms with Crippen molar-refractivity contribution in [3.63, 3.8) is 0 Å². The van der Waals surface area contributed by atoms with Crippen molar-refractivity contribution >= 4 is 5.91 Å². The third kappa shape index (κ3) is 4.35. The van der Waals surface area contributed by atoms with Gasteiger partial charge in [0.05, 0.1) is 16.9 Å². The molecule has 1 amide bonds. The van der Waals surface area contributed by atoms with Crippen molar-refractivity contribution in [2.75, 3.05) is 27.2 Å². The molecule has 0 saturated heterocycles. The molecule has 0 saturated carbocycles. The maximum Gasteiger partial charge on any atom is 0.227 e. The molecule has 0 fully saturated rings. The van der Waals surface area contributed by atoms with Crippen LogP contribution in [0, 0.1) is 22.2 Å². The molecule has 0 aromatic heterocycles. The summed E-state index contributed by atoms with van der Waals surface area (Å²) in [5.41, 5.74) is -1.35. The van der Waals surface area contributed by atoms with E-state index in [0.29, 0.717) is 6.54 Å². The van der Waals surface area contributed by atoms with E-state index in [-0.39, 0.29) is 5.91 Å². The number of nitrogens with zero attached hydrogens (tertiary/aromatic N) is 2. The highest BCUT2D eigenvalue weighted by Gasteiger charge is 2.43. The number of carbonyl (C=O) groups excluding carboxylic acids is 1. The fourth-order valence-corrected chi connectivity index (χ4v) is 1.24. The molecule has 0 unspecified atom stereocenters. The van der Waals surface area contributed by atoms with E-state index >= 15 is 0 Å². The zero-order valence-corrected chi connectivity index (χ0v) is 11.9. The van der Waals surface area contributed by atoms with Crippen molar-refractivity contribution in [3.05, 3.63) is 0 Å². The normalized spacial score (nSPS) is 12.4. The number of amides is 1. The minimum atomic E-state index is -0.681. The van der Waals surface area contributed by atoms with Crippen molar-refractivity contribution in [1.29, 1.82) is 5.26 Å². The van der Waals surface area contributed by atoms with Crippen LogP contribution in [0.25, 0.3) is 0 Å². The van der Waals surface area contributed by atoms with Crippen molar-refractivity contribution in [2.45, 2.75) is 34.1 Å². The van der Waals surface area contributed by atoms with E-state index in [1.807, 2.05) is 27.9 Å². The minimum absolute atomic E-state index is 0.0530. The van der Waals surface area contributed by atoms with Gasteiger partial charge in [0.15, 0.2) is 0 Å². The zero-order chi connectivity index (χ0) is 13.7. The summed E-state index contributed by atoms with van der Waals surface area (Å²) in [5, 5.41) is 12.0. The van der Waals surface area contributed by atoms with Gasteiger partial charge in [-0.05, 0) is 54.8 Å². The number of hydrogen-bond acceptors (Lipinski definition) is 3. The molecule has 0 radical (unpaired) electrons. The Morgan fingerprint density at radius 1 is 1.29 bits per heavy atom. The Kier molecular flexibility index (Phi) is 5.63. The fourth-order valence-electron chi connectivity index (χ4n) is 1.24. The van der Waals surface area contributed by atoms with Gasteiger partial charge >= 0.3 is 0 Å². The molecule has 17 heavy (non-hydrogen) atoms. The van der Waals surface area contributed by atoms with Gasteiger partial charge in [-0.1, -0.05) is 0 Å². The summed E-state index contributed by atoms with van der Waals surface area (Å²) in [6.07, 6.45) is 0.918. The molecule has 0 bridgehead atoms. The predicted octanol–water partition coefficient (Wildman–Crippen LogP) is 1.63. The predicted molar refractivity (Wildman–Crippen MR) is 69.4 cm³/mol. The lowest BCUT2D eigenvalue weighted by Gasteiger charge is -2.34. The lowest BCUT2D eigenvalue weighted by Crippen LogP contribution is -2.46. The molecule has 0 aromatic rings. The van der Waals surface area contributed by atoms with Crippen molar-refractivity contribution in [2.24, 2.45) is 10.8 Å². The van der Waals surface area contributed by atoms with Gasteiger partial charge in [-0.2, -0.15) is 5.26 Å². The average Bonchev–Trinajstić information content (AvgIpc) is 2.23. The molecule has 0 heterocycles. The monoisotopic (exact) mass is 239 g/mol. The molecule has 98 valence electrons. The average molecular weight is 239 g/mol. The summed E-state index contributed by atoms with van der Waals surface area (Å²) in [4.78, 5) is 14.1. The first-order valence-corrected chi connectivity index (χ1v) is 5.99. The molecule has 0 rings (SSSR count). The summed E-state index contributed by atoms with van der Waals surface area (Å²) in [6, 6.07) is 2.20. The van der Waals surface area contributed by atoms with E-state index in [2.05, 4.69) is 16.3 Å². The van der Waals surface area contributed by atoms with E-state index < -0.39 is 10.8 Å². The first kappa shape index (κ1) is 15.9. The van der Waals surface area contributed by atoms with Crippen LogP contribution < -0.4 is 5.32 Å². The lowest BCUT2D eigenvalue weighted by molar-refractivity contribution is -0.133. The molecule has 0 atom stereocenters. The highest BCUT2D eigenvalue weighted by atomic mass is 16.2. The van der Waals surface area contributed by atoms with Crippen LogP contribution in [0.2, 0.25) is 0 Å². The van der Waals surface area contributed by atoms with Gasteiger partial charge < -0.3 is 10.2 Å². The summed E-state index contributed by atoms with van der Waals surface area (Å²) in [5.74, 6) is -0.0530. The molecule has 4 nitrogen and oxygen atoms in total. The third-order valence-corrected chi connectivity index (χ3v) is 3.48. The summed E-state index contributed by atoms with van der Waals surface area (Å²) >= 11 is 0. The maximum absolute atomic E-state index is 12.0. The molecular formula is C13H25N3O. The van der Waals surface area contributed by atoms with E-state index in [0.717, 1.165) is 13.0 Å². The van der Waals surface area contributed by atoms with Crippen molar-refractivity contribution in [1.82, 2.24) is 10.2 Å². The molecule has 0 aliphatic carbocycles. The molecule has 0 spiro atoms. The quantitative estimate of drug-likeness (QED) is 0.717. The van der Waals surface area contributed by atoms with Crippen LogP contribution in [-0.4, -0.2) is 38.0 Å². The van der Waals surface area contributed by atoms with E-state index in [4.69, 9.17) is 5.26 Å². The largest absolute Gasteiger partial charge is 0.356 e. The molecule has 0 aliphatic heterocycles. The Morgan fingerprint density at radius 3 is 2.24 bits per heavy atom. The van der Waals surface area contributed by atoms with E-state index in [1.165, 1.54) is 0 Å². The van der Waals surface area contributed by atoms with Gasteiger partial charge in [-0.3, -0.25) is 4.79 Å². The smallest absolute Gasteiger partial charge is 0.227 e. The number of hydrogen-bond donors (Lipinski definition) is 1. The Hall–Kier alpha value is -1.08. The van der Waals surface area contributed by atoms with Crippen LogP contribution in [0.3, 0.4) is 0 Å². The number of nitrogens with one attached hydrogen (secondary N) is 1. The highest BCUT2D eigenvalue weighted by molar-refractivity contribution is 5.83. The molecule has 4 heteroatoms. The molecule has 1 N–H and O–H groups in total. The van der Waals surface area contributed by atoms with E-state index in [9.17, 15) is 4.79 Å². The van der Waals surface area contributed by atoms with Crippen LogP contribution in [0.4, 0.5) is 0 Å². The van der Waals surface area contributed by atoms with Gasteiger partial charge in [0.1, 0.15) is 0 Å². The maximum atomic E-state index is 12.0. The Bertz CT molecular complexity index is 300. The Balaban J connectivity index is 4.28. The molecule has 0 aliphatic rings. The summed E-state index contributed by atoms with van der Waals surface area (Å²) in [6.45, 7) is 8.83. The van der Waals surface area contributed by atoms with Crippen LogP contribution in [0.15, 0.2) is 0 Å². The van der Waals surface area contributed by atoms with Crippen LogP contribution in [0.1, 0.15) is 34.1 Å². The Morgan fingerprint density at radius 2 is 1.82 bits per heavy atom. The number of rotatable bonds is 6. The van der Waals surface area contributed by atoms with E-state index in [1.54, 1.807) is 13.8 Å². The molecular weight excluding hydrogens is 214 g/mol. The van der Waals surface area contributed by atoms with Crippen LogP contribution in [-0.2, 0) is 4.79 Å². The fraction of sp³-hybridized carbons (Fsp3) is 0.846. The first-order chi connectivity index (χ1) is 7.65. The molecule has 0 aromatic carbocycles. The lowest BCUT2D eigenvalue weighted by atomic mass is 9.68. The first-order valence-electron chi connectivity index (χ1n) is 5.99. The number of carbonyl (C=O) groups is 1. The standard InChI is InChI=1S/C13H25N3O/c1-12(2,10-14)13(3,4)11(17)15-8-7-9-16(5)6/h7-9H2,1-6H3,(H,15,17). The zero-order valence-electron chi connectivity index (χ0n) is 11.9. The van der Waals surface area contributed by atoms with Crippen molar-refractivity contribution < 1.29 is 4.79 Å². The summed E-state index contributed by atoms with van der Waals surface area (Å²) < 4.78 is 0. The highest BCUT2D eigenvalue weighted by Crippen LogP contribution is 2.37. The minimum Gasteiger partial charge on any atom is -0.356 e. The Labute approximate surface area is 105 Å².